The van der Waals surface area contributed by atoms with Gasteiger partial charge in [-0.1, -0.05) is 18.7 Å². The van der Waals surface area contributed by atoms with Gasteiger partial charge in [-0.2, -0.15) is 0 Å². The number of aliphatic carboxylic acids is 1. The van der Waals surface area contributed by atoms with Crippen LogP contribution in [0.4, 0.5) is 0 Å². The van der Waals surface area contributed by atoms with Gasteiger partial charge in [0.15, 0.2) is 0 Å². The molecule has 2 rings (SSSR count). The molecule has 6 heteroatoms. The zero-order valence-electron chi connectivity index (χ0n) is 10.4. The summed E-state index contributed by atoms with van der Waals surface area (Å²) in [5.41, 5.74) is -0.780. The fraction of sp³-hybridized carbons (Fsp3) is 0.667. The van der Waals surface area contributed by atoms with Gasteiger partial charge in [0.25, 0.3) is 5.22 Å². The first-order valence-corrected chi connectivity index (χ1v) is 7.09. The molecule has 0 bridgehead atoms. The minimum absolute atomic E-state index is 0.243. The highest BCUT2D eigenvalue weighted by Crippen LogP contribution is 2.37. The van der Waals surface area contributed by atoms with Crippen molar-refractivity contribution in [2.24, 2.45) is 0 Å². The van der Waals surface area contributed by atoms with Gasteiger partial charge in [-0.3, -0.25) is 4.79 Å². The van der Waals surface area contributed by atoms with Gasteiger partial charge in [0.05, 0.1) is 6.20 Å². The van der Waals surface area contributed by atoms with Gasteiger partial charge in [0.2, 0.25) is 0 Å². The van der Waals surface area contributed by atoms with Crippen LogP contribution in [0.1, 0.15) is 32.6 Å². The largest absolute Gasteiger partial charge is 0.480 e. The lowest BCUT2D eigenvalue weighted by Crippen LogP contribution is -2.55. The number of carboxylic acids is 1. The Labute approximate surface area is 110 Å². The first-order valence-electron chi connectivity index (χ1n) is 6.21. The Hall–Kier alpha value is -1.01. The Morgan fingerprint density at radius 3 is 3.22 bits per heavy atom. The van der Waals surface area contributed by atoms with E-state index in [9.17, 15) is 9.90 Å². The highest BCUT2D eigenvalue weighted by atomic mass is 32.2. The Morgan fingerprint density at radius 1 is 1.78 bits per heavy atom. The molecule has 2 N–H and O–H groups in total. The summed E-state index contributed by atoms with van der Waals surface area (Å²) in [5.74, 6) is -0.748. The lowest BCUT2D eigenvalue weighted by Gasteiger charge is -2.37. The Kier molecular flexibility index (Phi) is 4.29. The van der Waals surface area contributed by atoms with Crippen LogP contribution in [-0.4, -0.2) is 33.4 Å². The van der Waals surface area contributed by atoms with Crippen molar-refractivity contribution in [3.05, 3.63) is 12.5 Å². The summed E-state index contributed by atoms with van der Waals surface area (Å²) in [6.45, 7) is 2.61. The molecule has 100 valence electrons. The minimum atomic E-state index is -0.780. The van der Waals surface area contributed by atoms with Crippen LogP contribution < -0.4 is 5.32 Å². The normalized spacial score (nSPS) is 28.2. The number of nitrogens with one attached hydrogen (secondary N) is 1. The van der Waals surface area contributed by atoms with E-state index in [-0.39, 0.29) is 5.25 Å². The maximum atomic E-state index is 11.5. The number of carbonyl (C=O) groups is 1. The highest BCUT2D eigenvalue weighted by molar-refractivity contribution is 7.99. The van der Waals surface area contributed by atoms with Crippen LogP contribution in [0.3, 0.4) is 0 Å². The van der Waals surface area contributed by atoms with Crippen LogP contribution in [0.15, 0.2) is 22.1 Å². The molecule has 1 saturated carbocycles. The molecule has 0 aliphatic heterocycles. The molecule has 0 aromatic carbocycles. The average molecular weight is 270 g/mol. The second kappa shape index (κ2) is 5.75. The number of thioether (sulfide) groups is 1. The summed E-state index contributed by atoms with van der Waals surface area (Å²) in [5, 5.41) is 13.5. The van der Waals surface area contributed by atoms with Gasteiger partial charge in [-0.05, 0) is 32.2 Å². The zero-order chi connectivity index (χ0) is 13.0. The fourth-order valence-corrected chi connectivity index (χ4v) is 3.68. The molecular weight excluding hydrogens is 252 g/mol. The molecule has 1 aliphatic carbocycles. The summed E-state index contributed by atoms with van der Waals surface area (Å²) in [7, 11) is 0. The fourth-order valence-electron chi connectivity index (χ4n) is 2.50. The van der Waals surface area contributed by atoms with E-state index < -0.39 is 11.5 Å². The number of carboxylic acid groups (broad SMARTS) is 1. The standard InChI is InChI=1S/C12H18N2O3S/c1-2-14-12(10(15)16)5-3-4-9(8-12)18-11-13-6-7-17-11/h6-7,9,14H,2-5,8H2,1H3,(H,15,16). The van der Waals surface area contributed by atoms with E-state index in [1.807, 2.05) is 6.92 Å². The molecule has 0 saturated heterocycles. The van der Waals surface area contributed by atoms with Crippen molar-refractivity contribution in [1.82, 2.24) is 10.3 Å². The van der Waals surface area contributed by atoms with E-state index in [1.54, 1.807) is 12.5 Å². The average Bonchev–Trinajstić information content (AvgIpc) is 2.82. The number of likely N-dealkylation sites (N-methyl/N-ethyl adjacent to an activating group) is 1. The highest BCUT2D eigenvalue weighted by Gasteiger charge is 2.42. The Bertz CT molecular complexity index is 392. The van der Waals surface area contributed by atoms with Gasteiger partial charge in [0.1, 0.15) is 11.8 Å². The third-order valence-electron chi connectivity index (χ3n) is 3.31. The van der Waals surface area contributed by atoms with Crippen molar-refractivity contribution in [3.8, 4) is 0 Å². The predicted octanol–water partition coefficient (Wildman–Crippen LogP) is 2.14. The number of hydrogen-bond donors (Lipinski definition) is 2. The third-order valence-corrected chi connectivity index (χ3v) is 4.45. The topological polar surface area (TPSA) is 75.4 Å². The van der Waals surface area contributed by atoms with Crippen LogP contribution in [0.25, 0.3) is 0 Å². The van der Waals surface area contributed by atoms with Gasteiger partial charge in [-0.25, -0.2) is 4.98 Å². The van der Waals surface area contributed by atoms with E-state index in [0.717, 1.165) is 12.8 Å². The molecule has 0 amide bonds. The van der Waals surface area contributed by atoms with Gasteiger partial charge in [-0.15, -0.1) is 0 Å². The predicted molar refractivity (Wildman–Crippen MR) is 68.7 cm³/mol. The molecule has 0 spiro atoms. The van der Waals surface area contributed by atoms with Crippen molar-refractivity contribution in [2.75, 3.05) is 6.54 Å². The zero-order valence-corrected chi connectivity index (χ0v) is 11.2. The molecule has 1 aromatic heterocycles. The third kappa shape index (κ3) is 2.87. The van der Waals surface area contributed by atoms with Crippen LogP contribution in [-0.2, 0) is 4.79 Å². The van der Waals surface area contributed by atoms with Crippen LogP contribution in [0, 0.1) is 0 Å². The smallest absolute Gasteiger partial charge is 0.323 e. The van der Waals surface area contributed by atoms with Gasteiger partial charge in [0, 0.05) is 5.25 Å². The second-order valence-electron chi connectivity index (χ2n) is 4.55. The monoisotopic (exact) mass is 270 g/mol. The summed E-state index contributed by atoms with van der Waals surface area (Å²) in [6, 6.07) is 0. The van der Waals surface area contributed by atoms with E-state index in [1.165, 1.54) is 11.8 Å². The number of aromatic nitrogens is 1. The first kappa shape index (κ1) is 13.4. The lowest BCUT2D eigenvalue weighted by molar-refractivity contribution is -0.146. The van der Waals surface area contributed by atoms with Gasteiger partial charge >= 0.3 is 5.97 Å². The first-order chi connectivity index (χ1) is 8.66. The molecule has 2 unspecified atom stereocenters. The Balaban J connectivity index is 2.04. The minimum Gasteiger partial charge on any atom is -0.480 e. The second-order valence-corrected chi connectivity index (χ2v) is 5.80. The number of hydrogen-bond acceptors (Lipinski definition) is 5. The molecule has 1 heterocycles. The van der Waals surface area contributed by atoms with E-state index in [4.69, 9.17) is 4.42 Å². The van der Waals surface area contributed by atoms with Crippen molar-refractivity contribution >= 4 is 17.7 Å². The number of rotatable bonds is 5. The van der Waals surface area contributed by atoms with Crippen molar-refractivity contribution in [1.29, 1.82) is 0 Å². The lowest BCUT2D eigenvalue weighted by atomic mass is 9.81. The number of nitrogens with zero attached hydrogens (tertiary/aromatic N) is 1. The molecule has 0 radical (unpaired) electrons. The summed E-state index contributed by atoms with van der Waals surface area (Å²) < 4.78 is 5.21. The van der Waals surface area contributed by atoms with Crippen LogP contribution in [0.2, 0.25) is 0 Å². The molecule has 1 fully saturated rings. The number of oxazole rings is 1. The summed E-state index contributed by atoms with van der Waals surface area (Å²) >= 11 is 1.54. The van der Waals surface area contributed by atoms with Gasteiger partial charge < -0.3 is 14.8 Å². The van der Waals surface area contributed by atoms with Crippen molar-refractivity contribution in [3.63, 3.8) is 0 Å². The quantitative estimate of drug-likeness (QED) is 0.853. The molecule has 1 aromatic rings. The molecular formula is C12H18N2O3S. The van der Waals surface area contributed by atoms with Crippen LogP contribution in [0.5, 0.6) is 0 Å². The molecule has 5 nitrogen and oxygen atoms in total. The SMILES string of the molecule is CCNC1(C(=O)O)CCCC(Sc2ncco2)C1. The Morgan fingerprint density at radius 2 is 2.61 bits per heavy atom. The maximum Gasteiger partial charge on any atom is 0.323 e. The molecule has 2 atom stereocenters. The summed E-state index contributed by atoms with van der Waals surface area (Å²) in [6.07, 6.45) is 6.38. The molecule has 1 aliphatic rings. The van der Waals surface area contributed by atoms with Crippen LogP contribution >= 0.6 is 11.8 Å². The van der Waals surface area contributed by atoms with E-state index >= 15 is 0 Å². The summed E-state index contributed by atoms with van der Waals surface area (Å²) in [4.78, 5) is 15.6. The van der Waals surface area contributed by atoms with Crippen molar-refractivity contribution < 1.29 is 14.3 Å². The van der Waals surface area contributed by atoms with Crippen molar-refractivity contribution in [2.45, 2.75) is 48.6 Å². The van der Waals surface area contributed by atoms with E-state index in [2.05, 4.69) is 10.3 Å². The maximum absolute atomic E-state index is 11.5. The molecule has 18 heavy (non-hydrogen) atoms. The van der Waals surface area contributed by atoms with E-state index in [0.29, 0.717) is 24.6 Å².